The van der Waals surface area contributed by atoms with Gasteiger partial charge in [0.15, 0.2) is 21.3 Å². The molecule has 0 saturated carbocycles. The van der Waals surface area contributed by atoms with Crippen LogP contribution in [-0.4, -0.2) is 59.3 Å². The lowest BCUT2D eigenvalue weighted by Gasteiger charge is -2.15. The molecule has 0 radical (unpaired) electrons. The van der Waals surface area contributed by atoms with Crippen molar-refractivity contribution in [3.05, 3.63) is 48.0 Å². The SMILES string of the molecule is COc1cc(S(C)(=O)=O)ccc1OCCNCC(O)COc1ccccc1C. The van der Waals surface area contributed by atoms with Gasteiger partial charge in [-0.15, -0.1) is 0 Å². The average Bonchev–Trinajstić information content (AvgIpc) is 2.66. The molecule has 2 rings (SSSR count). The molecule has 154 valence electrons. The zero-order chi connectivity index (χ0) is 20.6. The minimum Gasteiger partial charge on any atom is -0.493 e. The van der Waals surface area contributed by atoms with Crippen molar-refractivity contribution in [3.63, 3.8) is 0 Å². The smallest absolute Gasteiger partial charge is 0.175 e. The van der Waals surface area contributed by atoms with E-state index in [1.54, 1.807) is 6.07 Å². The molecule has 0 heterocycles. The number of methoxy groups -OCH3 is 1. The molecule has 0 spiro atoms. The lowest BCUT2D eigenvalue weighted by atomic mass is 10.2. The Morgan fingerprint density at radius 1 is 1.07 bits per heavy atom. The van der Waals surface area contributed by atoms with Crippen LogP contribution in [0.2, 0.25) is 0 Å². The van der Waals surface area contributed by atoms with E-state index in [4.69, 9.17) is 14.2 Å². The van der Waals surface area contributed by atoms with E-state index in [9.17, 15) is 13.5 Å². The number of hydrogen-bond donors (Lipinski definition) is 2. The van der Waals surface area contributed by atoms with Crippen LogP contribution in [0, 0.1) is 6.92 Å². The fourth-order valence-corrected chi connectivity index (χ4v) is 3.10. The number of benzene rings is 2. The minimum absolute atomic E-state index is 0.173. The number of para-hydroxylation sites is 1. The van der Waals surface area contributed by atoms with Gasteiger partial charge in [0.1, 0.15) is 25.1 Å². The molecule has 0 amide bonds. The molecule has 28 heavy (non-hydrogen) atoms. The van der Waals surface area contributed by atoms with Gasteiger partial charge in [0.05, 0.1) is 12.0 Å². The summed E-state index contributed by atoms with van der Waals surface area (Å²) in [5, 5.41) is 13.1. The number of rotatable bonds is 11. The van der Waals surface area contributed by atoms with Gasteiger partial charge in [-0.25, -0.2) is 8.42 Å². The Morgan fingerprint density at radius 3 is 2.50 bits per heavy atom. The van der Waals surface area contributed by atoms with Crippen LogP contribution in [-0.2, 0) is 9.84 Å². The number of hydrogen-bond acceptors (Lipinski definition) is 7. The fourth-order valence-electron chi connectivity index (χ4n) is 2.46. The summed E-state index contributed by atoms with van der Waals surface area (Å²) in [6, 6.07) is 12.1. The second-order valence-corrected chi connectivity index (χ2v) is 8.38. The maximum absolute atomic E-state index is 11.6. The second kappa shape index (κ2) is 10.3. The monoisotopic (exact) mass is 409 g/mol. The standard InChI is InChI=1S/C20H27NO6S/c1-15-6-4-5-7-18(15)27-14-16(22)13-21-10-11-26-19-9-8-17(28(3,23)24)12-20(19)25-2/h4-9,12,16,21-22H,10-11,13-14H2,1-3H3. The number of aliphatic hydroxyl groups excluding tert-OH is 1. The van der Waals surface area contributed by atoms with Crippen molar-refractivity contribution in [2.45, 2.75) is 17.9 Å². The van der Waals surface area contributed by atoms with Crippen molar-refractivity contribution in [3.8, 4) is 17.2 Å². The molecule has 0 aliphatic heterocycles. The van der Waals surface area contributed by atoms with Gasteiger partial charge in [-0.1, -0.05) is 18.2 Å². The number of ether oxygens (including phenoxy) is 3. The predicted molar refractivity (Wildman–Crippen MR) is 107 cm³/mol. The van der Waals surface area contributed by atoms with Gasteiger partial charge in [0.2, 0.25) is 0 Å². The zero-order valence-corrected chi connectivity index (χ0v) is 17.2. The zero-order valence-electron chi connectivity index (χ0n) is 16.3. The van der Waals surface area contributed by atoms with E-state index < -0.39 is 15.9 Å². The van der Waals surface area contributed by atoms with Gasteiger partial charge >= 0.3 is 0 Å². The molecule has 2 aromatic rings. The van der Waals surface area contributed by atoms with Crippen molar-refractivity contribution in [2.24, 2.45) is 0 Å². The van der Waals surface area contributed by atoms with Gasteiger partial charge in [-0.2, -0.15) is 0 Å². The van der Waals surface area contributed by atoms with Crippen LogP contribution in [0.1, 0.15) is 5.56 Å². The van der Waals surface area contributed by atoms with Crippen molar-refractivity contribution in [1.29, 1.82) is 0 Å². The first-order chi connectivity index (χ1) is 13.3. The molecule has 1 unspecified atom stereocenters. The van der Waals surface area contributed by atoms with Gasteiger partial charge in [-0.3, -0.25) is 0 Å². The third-order valence-electron chi connectivity index (χ3n) is 4.00. The Labute approximate surface area is 166 Å². The highest BCUT2D eigenvalue weighted by Gasteiger charge is 2.12. The van der Waals surface area contributed by atoms with E-state index >= 15 is 0 Å². The lowest BCUT2D eigenvalue weighted by molar-refractivity contribution is 0.105. The van der Waals surface area contributed by atoms with Gasteiger partial charge in [0.25, 0.3) is 0 Å². The van der Waals surface area contributed by atoms with Gasteiger partial charge < -0.3 is 24.6 Å². The molecular formula is C20H27NO6S. The van der Waals surface area contributed by atoms with E-state index in [-0.39, 0.29) is 11.5 Å². The van der Waals surface area contributed by atoms with E-state index in [1.165, 1.54) is 19.2 Å². The van der Waals surface area contributed by atoms with Gasteiger partial charge in [-0.05, 0) is 30.7 Å². The molecular weight excluding hydrogens is 382 g/mol. The van der Waals surface area contributed by atoms with E-state index in [0.717, 1.165) is 17.6 Å². The Hall–Kier alpha value is -2.29. The van der Waals surface area contributed by atoms with Crippen LogP contribution < -0.4 is 19.5 Å². The van der Waals surface area contributed by atoms with Crippen LogP contribution in [0.3, 0.4) is 0 Å². The molecule has 0 aliphatic rings. The highest BCUT2D eigenvalue weighted by atomic mass is 32.2. The van der Waals surface area contributed by atoms with Gasteiger partial charge in [0, 0.05) is 25.4 Å². The fraction of sp³-hybridized carbons (Fsp3) is 0.400. The molecule has 0 saturated heterocycles. The number of aliphatic hydroxyl groups is 1. The van der Waals surface area contributed by atoms with Crippen molar-refractivity contribution < 1.29 is 27.7 Å². The Balaban J connectivity index is 1.72. The molecule has 0 bridgehead atoms. The summed E-state index contributed by atoms with van der Waals surface area (Å²) in [5.74, 6) is 1.57. The molecule has 2 N–H and O–H groups in total. The van der Waals surface area contributed by atoms with Crippen LogP contribution >= 0.6 is 0 Å². The maximum Gasteiger partial charge on any atom is 0.175 e. The van der Waals surface area contributed by atoms with Crippen LogP contribution in [0.25, 0.3) is 0 Å². The predicted octanol–water partition coefficient (Wildman–Crippen LogP) is 1.82. The van der Waals surface area contributed by atoms with Crippen LogP contribution in [0.5, 0.6) is 17.2 Å². The number of aryl methyl sites for hydroxylation is 1. The lowest BCUT2D eigenvalue weighted by Crippen LogP contribution is -2.33. The maximum atomic E-state index is 11.6. The summed E-state index contributed by atoms with van der Waals surface area (Å²) in [6.07, 6.45) is 0.489. The second-order valence-electron chi connectivity index (χ2n) is 6.37. The van der Waals surface area contributed by atoms with Crippen molar-refractivity contribution in [1.82, 2.24) is 5.32 Å². The summed E-state index contributed by atoms with van der Waals surface area (Å²) in [7, 11) is -1.85. The highest BCUT2D eigenvalue weighted by molar-refractivity contribution is 7.90. The van der Waals surface area contributed by atoms with Crippen molar-refractivity contribution in [2.75, 3.05) is 39.7 Å². The first-order valence-corrected chi connectivity index (χ1v) is 10.8. The summed E-state index contributed by atoms with van der Waals surface area (Å²) in [4.78, 5) is 0.173. The Morgan fingerprint density at radius 2 is 1.82 bits per heavy atom. The first-order valence-electron chi connectivity index (χ1n) is 8.89. The molecule has 2 aromatic carbocycles. The van der Waals surface area contributed by atoms with Crippen molar-refractivity contribution >= 4 is 9.84 Å². The molecule has 0 fully saturated rings. The topological polar surface area (TPSA) is 94.1 Å². The third kappa shape index (κ3) is 6.70. The molecule has 0 aromatic heterocycles. The van der Waals surface area contributed by atoms with E-state index in [1.807, 2.05) is 31.2 Å². The molecule has 8 heteroatoms. The Bertz CT molecular complexity index is 869. The summed E-state index contributed by atoms with van der Waals surface area (Å²) >= 11 is 0. The summed E-state index contributed by atoms with van der Waals surface area (Å²) in [6.45, 7) is 3.34. The quantitative estimate of drug-likeness (QED) is 0.547. The normalized spacial score (nSPS) is 12.4. The van der Waals surface area contributed by atoms with Crippen LogP contribution in [0.15, 0.2) is 47.4 Å². The average molecular weight is 410 g/mol. The van der Waals surface area contributed by atoms with Crippen LogP contribution in [0.4, 0.5) is 0 Å². The minimum atomic E-state index is -3.31. The number of sulfone groups is 1. The largest absolute Gasteiger partial charge is 0.493 e. The third-order valence-corrected chi connectivity index (χ3v) is 5.11. The Kier molecular flexibility index (Phi) is 8.10. The molecule has 0 aliphatic carbocycles. The van der Waals surface area contributed by atoms with E-state index in [0.29, 0.717) is 31.2 Å². The van der Waals surface area contributed by atoms with E-state index in [2.05, 4.69) is 5.32 Å². The molecule has 7 nitrogen and oxygen atoms in total. The molecule has 1 atom stereocenters. The summed E-state index contributed by atoms with van der Waals surface area (Å²) < 4.78 is 39.6. The number of nitrogens with one attached hydrogen (secondary N) is 1. The summed E-state index contributed by atoms with van der Waals surface area (Å²) in [5.41, 5.74) is 1.02. The first kappa shape index (κ1) is 22.0. The highest BCUT2D eigenvalue weighted by Crippen LogP contribution is 2.29.